The normalized spacial score (nSPS) is 12.5. The van der Waals surface area contributed by atoms with Crippen LogP contribution in [0.3, 0.4) is 0 Å². The van der Waals surface area contributed by atoms with Gasteiger partial charge < -0.3 is 4.57 Å². The second-order valence-corrected chi connectivity index (χ2v) is 3.88. The van der Waals surface area contributed by atoms with Crippen molar-refractivity contribution in [1.82, 2.24) is 4.57 Å². The second-order valence-electron chi connectivity index (χ2n) is 3.88. The minimum atomic E-state index is -0.170. The Balaban J connectivity index is 3.44. The van der Waals surface area contributed by atoms with E-state index in [0.29, 0.717) is 0 Å². The number of aryl methyl sites for hydroxylation is 1. The monoisotopic (exact) mass is 207 g/mol. The number of carbonyl (C=O) groups excluding carboxylic acids is 1. The first kappa shape index (κ1) is 11.7. The zero-order valence-electron chi connectivity index (χ0n) is 9.70. The molecule has 15 heavy (non-hydrogen) atoms. The lowest BCUT2D eigenvalue weighted by Crippen LogP contribution is -2.29. The summed E-state index contributed by atoms with van der Waals surface area (Å²) in [5.41, 5.74) is 1.01. The van der Waals surface area contributed by atoms with E-state index < -0.39 is 0 Å². The molecule has 1 aromatic rings. The van der Waals surface area contributed by atoms with Gasteiger partial charge in [0.2, 0.25) is 0 Å². The Morgan fingerprint density at radius 2 is 2.07 bits per heavy atom. The van der Waals surface area contributed by atoms with E-state index in [-0.39, 0.29) is 22.9 Å². The number of aromatic nitrogens is 1. The highest BCUT2D eigenvalue weighted by molar-refractivity contribution is 5.93. The Hall–Kier alpha value is -1.38. The molecule has 0 aliphatic rings. The molecule has 0 aliphatic carbocycles. The van der Waals surface area contributed by atoms with E-state index in [2.05, 4.69) is 0 Å². The highest BCUT2D eigenvalue weighted by Crippen LogP contribution is 2.11. The third kappa shape index (κ3) is 2.17. The van der Waals surface area contributed by atoms with Gasteiger partial charge in [-0.2, -0.15) is 0 Å². The van der Waals surface area contributed by atoms with E-state index in [1.165, 1.54) is 6.92 Å². The van der Waals surface area contributed by atoms with Gasteiger partial charge in [0, 0.05) is 11.7 Å². The topological polar surface area (TPSA) is 39.1 Å². The van der Waals surface area contributed by atoms with Gasteiger partial charge in [-0.25, -0.2) is 0 Å². The van der Waals surface area contributed by atoms with Crippen molar-refractivity contribution in [3.8, 4) is 0 Å². The number of hydrogen-bond acceptors (Lipinski definition) is 2. The molecule has 1 aromatic heterocycles. The number of nitrogens with zero attached hydrogens (tertiary/aromatic N) is 1. The van der Waals surface area contributed by atoms with Gasteiger partial charge in [-0.3, -0.25) is 9.59 Å². The van der Waals surface area contributed by atoms with Crippen LogP contribution in [-0.4, -0.2) is 10.4 Å². The predicted molar refractivity (Wildman–Crippen MR) is 60.4 cm³/mol. The average molecular weight is 207 g/mol. The smallest absolute Gasteiger partial charge is 0.261 e. The number of ketones is 1. The first-order chi connectivity index (χ1) is 6.99. The van der Waals surface area contributed by atoms with Gasteiger partial charge in [0.25, 0.3) is 5.56 Å². The van der Waals surface area contributed by atoms with Crippen molar-refractivity contribution >= 4 is 5.78 Å². The quantitative estimate of drug-likeness (QED) is 0.713. The Bertz CT molecular complexity index is 432. The lowest BCUT2D eigenvalue weighted by molar-refractivity contribution is 0.101. The molecule has 82 valence electrons. The van der Waals surface area contributed by atoms with E-state index in [4.69, 9.17) is 0 Å². The Kier molecular flexibility index (Phi) is 3.45. The Morgan fingerprint density at radius 3 is 2.53 bits per heavy atom. The predicted octanol–water partition coefficient (Wildman–Crippen LogP) is 2.33. The highest BCUT2D eigenvalue weighted by Gasteiger charge is 2.12. The van der Waals surface area contributed by atoms with Crippen LogP contribution < -0.4 is 5.56 Å². The second kappa shape index (κ2) is 4.43. The molecule has 0 saturated carbocycles. The number of carbonyl (C=O) groups is 1. The van der Waals surface area contributed by atoms with Crippen LogP contribution in [0.2, 0.25) is 0 Å². The summed E-state index contributed by atoms with van der Waals surface area (Å²) in [4.78, 5) is 23.2. The fourth-order valence-electron chi connectivity index (χ4n) is 1.64. The molecule has 1 atom stereocenters. The Labute approximate surface area is 89.7 Å². The van der Waals surface area contributed by atoms with Crippen molar-refractivity contribution in [2.75, 3.05) is 0 Å². The molecule has 3 nitrogen and oxygen atoms in total. The van der Waals surface area contributed by atoms with Crippen molar-refractivity contribution in [2.24, 2.45) is 0 Å². The molecule has 3 heteroatoms. The molecule has 1 heterocycles. The Morgan fingerprint density at radius 1 is 1.47 bits per heavy atom. The van der Waals surface area contributed by atoms with Crippen LogP contribution in [0.15, 0.2) is 16.9 Å². The summed E-state index contributed by atoms with van der Waals surface area (Å²) in [5, 5.41) is 0. The molecular weight excluding hydrogens is 190 g/mol. The maximum Gasteiger partial charge on any atom is 0.261 e. The van der Waals surface area contributed by atoms with Crippen LogP contribution in [0.1, 0.15) is 49.3 Å². The van der Waals surface area contributed by atoms with E-state index in [9.17, 15) is 9.59 Å². The highest BCUT2D eigenvalue weighted by atomic mass is 16.1. The van der Waals surface area contributed by atoms with Gasteiger partial charge in [0.05, 0.1) is 5.56 Å². The third-order valence-electron chi connectivity index (χ3n) is 2.73. The number of pyridine rings is 1. The zero-order chi connectivity index (χ0) is 11.6. The van der Waals surface area contributed by atoms with Crippen molar-refractivity contribution in [2.45, 2.75) is 40.2 Å². The summed E-state index contributed by atoms with van der Waals surface area (Å²) < 4.78 is 1.69. The van der Waals surface area contributed by atoms with Gasteiger partial charge in [-0.1, -0.05) is 6.92 Å². The molecule has 0 aliphatic heterocycles. The van der Waals surface area contributed by atoms with E-state index in [1.54, 1.807) is 10.6 Å². The molecule has 1 unspecified atom stereocenters. The lowest BCUT2D eigenvalue weighted by atomic mass is 10.1. The maximum atomic E-state index is 12.0. The standard InChI is InChI=1S/C12H17NO2/c1-5-8(2)13-9(3)6-7-11(10(4)14)12(13)15/h6-8H,5H2,1-4H3. The van der Waals surface area contributed by atoms with E-state index >= 15 is 0 Å². The zero-order valence-corrected chi connectivity index (χ0v) is 9.70. The van der Waals surface area contributed by atoms with Gasteiger partial charge in [0.1, 0.15) is 0 Å². The van der Waals surface area contributed by atoms with Crippen molar-refractivity contribution in [3.05, 3.63) is 33.7 Å². The van der Waals surface area contributed by atoms with Gasteiger partial charge in [-0.15, -0.1) is 0 Å². The van der Waals surface area contributed by atoms with Crippen LogP contribution in [0.25, 0.3) is 0 Å². The molecule has 0 aromatic carbocycles. The first-order valence-corrected chi connectivity index (χ1v) is 5.22. The third-order valence-corrected chi connectivity index (χ3v) is 2.73. The van der Waals surface area contributed by atoms with Crippen LogP contribution in [0, 0.1) is 6.92 Å². The van der Waals surface area contributed by atoms with Gasteiger partial charge in [0.15, 0.2) is 5.78 Å². The summed E-state index contributed by atoms with van der Waals surface area (Å²) in [6.45, 7) is 7.32. The molecule has 0 amide bonds. The van der Waals surface area contributed by atoms with Crippen LogP contribution >= 0.6 is 0 Å². The summed E-state index contributed by atoms with van der Waals surface area (Å²) in [6, 6.07) is 3.57. The molecule has 0 radical (unpaired) electrons. The van der Waals surface area contributed by atoms with E-state index in [1.807, 2.05) is 26.8 Å². The first-order valence-electron chi connectivity index (χ1n) is 5.22. The van der Waals surface area contributed by atoms with Crippen LogP contribution in [-0.2, 0) is 0 Å². The van der Waals surface area contributed by atoms with Crippen LogP contribution in [0.4, 0.5) is 0 Å². The maximum absolute atomic E-state index is 12.0. The van der Waals surface area contributed by atoms with Gasteiger partial charge >= 0.3 is 0 Å². The van der Waals surface area contributed by atoms with Gasteiger partial charge in [-0.05, 0) is 39.3 Å². The molecule has 0 fully saturated rings. The van der Waals surface area contributed by atoms with Crippen molar-refractivity contribution in [1.29, 1.82) is 0 Å². The lowest BCUT2D eigenvalue weighted by Gasteiger charge is -2.17. The number of Topliss-reactive ketones (excluding diaryl/α,β-unsaturated/α-hetero) is 1. The van der Waals surface area contributed by atoms with E-state index in [0.717, 1.165) is 12.1 Å². The molecule has 0 N–H and O–H groups in total. The SMILES string of the molecule is CCC(C)n1c(C)ccc(C(C)=O)c1=O. The summed E-state index contributed by atoms with van der Waals surface area (Å²) in [6.07, 6.45) is 0.877. The largest absolute Gasteiger partial charge is 0.310 e. The summed E-state index contributed by atoms with van der Waals surface area (Å²) in [5.74, 6) is -0.169. The minimum absolute atomic E-state index is 0.136. The number of rotatable bonds is 3. The molecule has 1 rings (SSSR count). The number of hydrogen-bond donors (Lipinski definition) is 0. The van der Waals surface area contributed by atoms with Crippen molar-refractivity contribution in [3.63, 3.8) is 0 Å². The molecule has 0 saturated heterocycles. The summed E-state index contributed by atoms with van der Waals surface area (Å²) >= 11 is 0. The molecule has 0 spiro atoms. The molecular formula is C12H17NO2. The fraction of sp³-hybridized carbons (Fsp3) is 0.500. The average Bonchev–Trinajstić information content (AvgIpc) is 2.16. The van der Waals surface area contributed by atoms with Crippen molar-refractivity contribution < 1.29 is 4.79 Å². The fourth-order valence-corrected chi connectivity index (χ4v) is 1.64. The van der Waals surface area contributed by atoms with Crippen LogP contribution in [0.5, 0.6) is 0 Å². The minimum Gasteiger partial charge on any atom is -0.310 e. The molecule has 0 bridgehead atoms. The summed E-state index contributed by atoms with van der Waals surface area (Å²) in [7, 11) is 0.